The van der Waals surface area contributed by atoms with Gasteiger partial charge in [-0.3, -0.25) is 9.59 Å². The number of rotatable bonds is 4. The Kier molecular flexibility index (Phi) is 5.11. The number of carbonyl (C=O) groups excluding carboxylic acids is 1. The van der Waals surface area contributed by atoms with E-state index in [0.29, 0.717) is 11.6 Å². The summed E-state index contributed by atoms with van der Waals surface area (Å²) in [7, 11) is 1.43. The molecule has 1 N–H and O–H groups in total. The second-order valence-electron chi connectivity index (χ2n) is 4.99. The number of nitrogens with zero attached hydrogens (tertiary/aromatic N) is 1. The van der Waals surface area contributed by atoms with Gasteiger partial charge in [0.25, 0.3) is 5.91 Å². The van der Waals surface area contributed by atoms with Gasteiger partial charge in [0.2, 0.25) is 5.43 Å². The van der Waals surface area contributed by atoms with Crippen molar-refractivity contribution in [3.8, 4) is 5.75 Å². The molecular formula is C14H20N2O3S. The van der Waals surface area contributed by atoms with E-state index >= 15 is 0 Å². The van der Waals surface area contributed by atoms with E-state index in [2.05, 4.69) is 11.2 Å². The molecule has 5 nitrogen and oxygen atoms in total. The minimum atomic E-state index is -0.271. The van der Waals surface area contributed by atoms with Crippen LogP contribution < -0.4 is 10.2 Å². The van der Waals surface area contributed by atoms with Crippen molar-refractivity contribution in [3.63, 3.8) is 0 Å². The number of carbonyl (C=O) groups is 1. The summed E-state index contributed by atoms with van der Waals surface area (Å²) in [6.07, 6.45) is 5.72. The van der Waals surface area contributed by atoms with Crippen LogP contribution >= 0.6 is 11.8 Å². The van der Waals surface area contributed by atoms with Gasteiger partial charge in [0, 0.05) is 25.4 Å². The molecule has 2 heterocycles. The fraction of sp³-hybridized carbons (Fsp3) is 0.571. The van der Waals surface area contributed by atoms with E-state index in [1.54, 1.807) is 0 Å². The van der Waals surface area contributed by atoms with Crippen LogP contribution in [0.5, 0.6) is 5.75 Å². The smallest absolute Gasteiger partial charge is 0.270 e. The lowest BCUT2D eigenvalue weighted by Crippen LogP contribution is -2.41. The zero-order valence-electron chi connectivity index (χ0n) is 11.8. The first kappa shape index (κ1) is 15.0. The Morgan fingerprint density at radius 2 is 2.40 bits per heavy atom. The Labute approximate surface area is 122 Å². The molecule has 1 aromatic heterocycles. The van der Waals surface area contributed by atoms with Gasteiger partial charge in [0.1, 0.15) is 5.69 Å². The van der Waals surface area contributed by atoms with Gasteiger partial charge in [0.05, 0.1) is 7.11 Å². The van der Waals surface area contributed by atoms with Gasteiger partial charge in [-0.2, -0.15) is 11.8 Å². The van der Waals surface area contributed by atoms with E-state index in [0.717, 1.165) is 25.3 Å². The maximum absolute atomic E-state index is 12.4. The number of amides is 1. The van der Waals surface area contributed by atoms with Gasteiger partial charge >= 0.3 is 0 Å². The third-order valence-corrected chi connectivity index (χ3v) is 4.34. The van der Waals surface area contributed by atoms with Crippen molar-refractivity contribution in [2.45, 2.75) is 12.8 Å². The average Bonchev–Trinajstić information content (AvgIpc) is 2.47. The number of pyridine rings is 1. The van der Waals surface area contributed by atoms with Crippen LogP contribution in [-0.2, 0) is 0 Å². The van der Waals surface area contributed by atoms with Crippen molar-refractivity contribution >= 4 is 17.7 Å². The number of ether oxygens (including phenoxy) is 1. The predicted molar refractivity (Wildman–Crippen MR) is 80.6 cm³/mol. The molecule has 0 unspecified atom stereocenters. The van der Waals surface area contributed by atoms with Crippen molar-refractivity contribution < 1.29 is 9.53 Å². The zero-order chi connectivity index (χ0) is 14.5. The van der Waals surface area contributed by atoms with Crippen LogP contribution in [0.3, 0.4) is 0 Å². The molecule has 1 saturated heterocycles. The summed E-state index contributed by atoms with van der Waals surface area (Å²) in [6, 6.07) is 1.32. The fourth-order valence-electron chi connectivity index (χ4n) is 2.53. The maximum atomic E-state index is 12.4. The molecule has 0 spiro atoms. The number of likely N-dealkylation sites (tertiary alicyclic amines) is 1. The second-order valence-corrected chi connectivity index (χ2v) is 5.90. The van der Waals surface area contributed by atoms with Gasteiger partial charge in [-0.1, -0.05) is 0 Å². The van der Waals surface area contributed by atoms with E-state index in [4.69, 9.17) is 4.74 Å². The molecule has 110 valence electrons. The minimum Gasteiger partial charge on any atom is -0.491 e. The first-order valence-corrected chi connectivity index (χ1v) is 8.10. The van der Waals surface area contributed by atoms with E-state index in [9.17, 15) is 9.59 Å². The lowest BCUT2D eigenvalue weighted by Gasteiger charge is -2.32. The van der Waals surface area contributed by atoms with Crippen molar-refractivity contribution in [2.24, 2.45) is 5.92 Å². The summed E-state index contributed by atoms with van der Waals surface area (Å²) in [6.45, 7) is 1.53. The summed E-state index contributed by atoms with van der Waals surface area (Å²) >= 11 is 1.81. The van der Waals surface area contributed by atoms with Crippen LogP contribution in [0.1, 0.15) is 23.3 Å². The highest BCUT2D eigenvalue weighted by Crippen LogP contribution is 2.20. The van der Waals surface area contributed by atoms with Crippen LogP contribution in [0.2, 0.25) is 0 Å². The first-order valence-electron chi connectivity index (χ1n) is 6.70. The third-order valence-electron chi connectivity index (χ3n) is 3.54. The largest absolute Gasteiger partial charge is 0.491 e. The molecule has 0 aliphatic carbocycles. The van der Waals surface area contributed by atoms with Crippen LogP contribution in [0.4, 0.5) is 0 Å². The molecule has 1 fully saturated rings. The number of piperidine rings is 1. The van der Waals surface area contributed by atoms with Crippen LogP contribution in [0.25, 0.3) is 0 Å². The number of methoxy groups -OCH3 is 1. The average molecular weight is 296 g/mol. The summed E-state index contributed by atoms with van der Waals surface area (Å²) < 4.78 is 4.90. The van der Waals surface area contributed by atoms with E-state index in [1.165, 1.54) is 25.8 Å². The van der Waals surface area contributed by atoms with Crippen molar-refractivity contribution in [1.82, 2.24) is 9.88 Å². The molecule has 1 amide bonds. The van der Waals surface area contributed by atoms with E-state index in [1.807, 2.05) is 16.7 Å². The molecule has 2 rings (SSSR count). The normalized spacial score (nSPS) is 18.9. The van der Waals surface area contributed by atoms with Crippen LogP contribution in [-0.4, -0.2) is 48.0 Å². The Bertz CT molecular complexity index is 527. The maximum Gasteiger partial charge on any atom is 0.270 e. The Morgan fingerprint density at radius 1 is 1.60 bits per heavy atom. The molecule has 1 aromatic rings. The highest BCUT2D eigenvalue weighted by Gasteiger charge is 2.24. The van der Waals surface area contributed by atoms with Gasteiger partial charge in [0.15, 0.2) is 5.75 Å². The Balaban J connectivity index is 2.10. The molecule has 0 saturated carbocycles. The standard InChI is InChI=1S/C14H20N2O3S/c1-19-13-7-15-11(6-12(13)17)14(18)16-5-3-4-10(8-16)9-20-2/h6-7,10H,3-5,8-9H2,1-2H3,(H,15,17)/t10-/m0/s1. The number of aromatic nitrogens is 1. The molecule has 0 aromatic carbocycles. The lowest BCUT2D eigenvalue weighted by atomic mass is 10.00. The Morgan fingerprint density at radius 3 is 3.05 bits per heavy atom. The fourth-order valence-corrected chi connectivity index (χ4v) is 3.28. The summed E-state index contributed by atoms with van der Waals surface area (Å²) in [4.78, 5) is 28.8. The van der Waals surface area contributed by atoms with Gasteiger partial charge in [-0.05, 0) is 30.8 Å². The summed E-state index contributed by atoms with van der Waals surface area (Å²) in [5.74, 6) is 1.74. The molecule has 1 aliphatic heterocycles. The van der Waals surface area contributed by atoms with Crippen LogP contribution in [0.15, 0.2) is 17.1 Å². The lowest BCUT2D eigenvalue weighted by molar-refractivity contribution is 0.0679. The topological polar surface area (TPSA) is 62.4 Å². The molecule has 0 radical (unpaired) electrons. The summed E-state index contributed by atoms with van der Waals surface area (Å²) in [5, 5.41) is 0. The zero-order valence-corrected chi connectivity index (χ0v) is 12.7. The molecule has 0 bridgehead atoms. The van der Waals surface area contributed by atoms with Crippen molar-refractivity contribution in [2.75, 3.05) is 32.2 Å². The van der Waals surface area contributed by atoms with E-state index in [-0.39, 0.29) is 17.1 Å². The molecule has 20 heavy (non-hydrogen) atoms. The third kappa shape index (κ3) is 3.36. The van der Waals surface area contributed by atoms with Gasteiger partial charge in [-0.25, -0.2) is 0 Å². The quantitative estimate of drug-likeness (QED) is 0.916. The SMILES string of the molecule is COc1c[nH]c(C(=O)N2CCC[C@H](CSC)C2)cc1=O. The number of hydrogen-bond donors (Lipinski definition) is 1. The number of aromatic amines is 1. The number of H-pyrrole nitrogens is 1. The second kappa shape index (κ2) is 6.83. The highest BCUT2D eigenvalue weighted by atomic mass is 32.2. The van der Waals surface area contributed by atoms with Crippen molar-refractivity contribution in [1.29, 1.82) is 0 Å². The van der Waals surface area contributed by atoms with Gasteiger partial charge in [-0.15, -0.1) is 0 Å². The minimum absolute atomic E-state index is 0.101. The first-order chi connectivity index (χ1) is 9.65. The molecule has 1 atom stereocenters. The molecule has 1 aliphatic rings. The predicted octanol–water partition coefficient (Wildman–Crippen LogP) is 1.60. The number of thioether (sulfide) groups is 1. The van der Waals surface area contributed by atoms with Gasteiger partial charge < -0.3 is 14.6 Å². The monoisotopic (exact) mass is 296 g/mol. The molecular weight excluding hydrogens is 276 g/mol. The molecule has 6 heteroatoms. The number of nitrogens with one attached hydrogen (secondary N) is 1. The Hall–Kier alpha value is -1.43. The van der Waals surface area contributed by atoms with Crippen LogP contribution in [0, 0.1) is 5.92 Å². The highest BCUT2D eigenvalue weighted by molar-refractivity contribution is 7.98. The summed E-state index contributed by atoms with van der Waals surface area (Å²) in [5.41, 5.74) is 0.0628. The van der Waals surface area contributed by atoms with Crippen molar-refractivity contribution in [3.05, 3.63) is 28.2 Å². The van der Waals surface area contributed by atoms with E-state index < -0.39 is 0 Å². The number of hydrogen-bond acceptors (Lipinski definition) is 4.